The third kappa shape index (κ3) is 4.25. The highest BCUT2D eigenvalue weighted by molar-refractivity contribution is 5.89. The average Bonchev–Trinajstić information content (AvgIpc) is 3.07. The molecule has 0 radical (unpaired) electrons. The van der Waals surface area contributed by atoms with Gasteiger partial charge in [0.05, 0.1) is 5.69 Å². The number of carbonyl (C=O) groups excluding carboxylic acids is 1. The first kappa shape index (κ1) is 18.0. The van der Waals surface area contributed by atoms with Crippen molar-refractivity contribution >= 4 is 17.4 Å². The van der Waals surface area contributed by atoms with Gasteiger partial charge in [-0.15, -0.1) is 0 Å². The Labute approximate surface area is 147 Å². The Morgan fingerprint density at radius 1 is 1.04 bits per heavy atom. The molecule has 1 heterocycles. The van der Waals surface area contributed by atoms with E-state index in [0.29, 0.717) is 31.4 Å². The van der Waals surface area contributed by atoms with Gasteiger partial charge in [0, 0.05) is 37.5 Å². The summed E-state index contributed by atoms with van der Waals surface area (Å²) in [6.07, 6.45) is 0.768. The minimum atomic E-state index is -0.898. The molecule has 2 amide bonds. The average molecular weight is 367 g/mol. The molecule has 26 heavy (non-hydrogen) atoms. The Morgan fingerprint density at radius 3 is 2.58 bits per heavy atom. The number of nitrogens with zero attached hydrogens (tertiary/aromatic N) is 1. The van der Waals surface area contributed by atoms with Crippen molar-refractivity contribution in [3.8, 4) is 0 Å². The van der Waals surface area contributed by atoms with Crippen molar-refractivity contribution < 1.29 is 22.4 Å². The van der Waals surface area contributed by atoms with Gasteiger partial charge in [-0.25, -0.2) is 22.4 Å². The summed E-state index contributed by atoms with van der Waals surface area (Å²) in [4.78, 5) is 13.8. The Kier molecular flexibility index (Phi) is 5.29. The summed E-state index contributed by atoms with van der Waals surface area (Å²) in [6, 6.07) is 6.03. The van der Waals surface area contributed by atoms with Gasteiger partial charge in [0.1, 0.15) is 11.6 Å². The van der Waals surface area contributed by atoms with Crippen LogP contribution in [0.25, 0.3) is 0 Å². The summed E-state index contributed by atoms with van der Waals surface area (Å²) < 4.78 is 52.7. The number of carbonyl (C=O) groups is 1. The van der Waals surface area contributed by atoms with Crippen LogP contribution in [0.2, 0.25) is 0 Å². The van der Waals surface area contributed by atoms with Gasteiger partial charge < -0.3 is 15.5 Å². The minimum absolute atomic E-state index is 0.112. The van der Waals surface area contributed by atoms with Crippen molar-refractivity contribution in [3.63, 3.8) is 0 Å². The summed E-state index contributed by atoms with van der Waals surface area (Å²) >= 11 is 0. The summed E-state index contributed by atoms with van der Waals surface area (Å²) in [7, 11) is 0. The fraction of sp³-hybridized carbons (Fsp3) is 0.278. The Hall–Kier alpha value is -2.77. The van der Waals surface area contributed by atoms with Crippen LogP contribution in [0.1, 0.15) is 6.42 Å². The number of nitrogens with one attached hydrogen (secondary N) is 2. The number of urea groups is 1. The molecule has 1 fully saturated rings. The fourth-order valence-electron chi connectivity index (χ4n) is 2.91. The highest BCUT2D eigenvalue weighted by Gasteiger charge is 2.24. The lowest BCUT2D eigenvalue weighted by molar-refractivity contribution is 0.250. The van der Waals surface area contributed by atoms with Crippen LogP contribution in [-0.4, -0.2) is 25.7 Å². The summed E-state index contributed by atoms with van der Waals surface area (Å²) in [5.41, 5.74) is 0.475. The molecule has 3 rings (SSSR count). The van der Waals surface area contributed by atoms with Gasteiger partial charge in [-0.05, 0) is 36.6 Å². The van der Waals surface area contributed by atoms with Gasteiger partial charge in [-0.3, -0.25) is 0 Å². The van der Waals surface area contributed by atoms with Gasteiger partial charge in [-0.2, -0.15) is 0 Å². The van der Waals surface area contributed by atoms with Crippen LogP contribution in [-0.2, 0) is 0 Å². The minimum Gasteiger partial charge on any atom is -0.371 e. The molecule has 1 aliphatic rings. The molecular formula is C18H17F4N3O. The first-order valence-electron chi connectivity index (χ1n) is 8.12. The van der Waals surface area contributed by atoms with Crippen LogP contribution >= 0.6 is 0 Å². The lowest BCUT2D eigenvalue weighted by Crippen LogP contribution is -2.34. The predicted molar refractivity (Wildman–Crippen MR) is 90.1 cm³/mol. The van der Waals surface area contributed by atoms with E-state index in [0.717, 1.165) is 30.7 Å². The third-order valence-electron chi connectivity index (χ3n) is 4.28. The molecule has 0 aliphatic carbocycles. The maximum absolute atomic E-state index is 13.5. The number of anilines is 2. The van der Waals surface area contributed by atoms with Gasteiger partial charge in [-0.1, -0.05) is 0 Å². The van der Waals surface area contributed by atoms with Gasteiger partial charge in [0.15, 0.2) is 11.6 Å². The highest BCUT2D eigenvalue weighted by Crippen LogP contribution is 2.25. The summed E-state index contributed by atoms with van der Waals surface area (Å²) in [5.74, 6) is -3.25. The van der Waals surface area contributed by atoms with Gasteiger partial charge in [0.25, 0.3) is 0 Å². The molecule has 8 heteroatoms. The molecule has 1 aliphatic heterocycles. The Morgan fingerprint density at radius 2 is 1.85 bits per heavy atom. The number of halogens is 4. The van der Waals surface area contributed by atoms with E-state index in [1.807, 2.05) is 4.90 Å². The lowest BCUT2D eigenvalue weighted by atomic mass is 10.1. The number of amides is 2. The van der Waals surface area contributed by atoms with E-state index in [-0.39, 0.29) is 11.6 Å². The zero-order valence-corrected chi connectivity index (χ0v) is 13.7. The van der Waals surface area contributed by atoms with E-state index >= 15 is 0 Å². The van der Waals surface area contributed by atoms with Crippen LogP contribution < -0.4 is 15.5 Å². The van der Waals surface area contributed by atoms with Crippen molar-refractivity contribution in [2.45, 2.75) is 6.42 Å². The van der Waals surface area contributed by atoms with Crippen molar-refractivity contribution in [2.24, 2.45) is 5.92 Å². The number of hydrogen-bond acceptors (Lipinski definition) is 2. The van der Waals surface area contributed by atoms with E-state index < -0.39 is 29.3 Å². The van der Waals surface area contributed by atoms with Crippen LogP contribution in [0.15, 0.2) is 36.4 Å². The van der Waals surface area contributed by atoms with Crippen molar-refractivity contribution in [1.82, 2.24) is 5.32 Å². The molecule has 138 valence electrons. The summed E-state index contributed by atoms with van der Waals surface area (Å²) in [5, 5.41) is 4.96. The Bertz CT molecular complexity index is 815. The molecule has 1 unspecified atom stereocenters. The van der Waals surface area contributed by atoms with Crippen molar-refractivity contribution in [3.05, 3.63) is 59.7 Å². The molecule has 2 N–H and O–H groups in total. The van der Waals surface area contributed by atoms with E-state index in [1.165, 1.54) is 6.07 Å². The molecule has 0 aromatic heterocycles. The fourth-order valence-corrected chi connectivity index (χ4v) is 2.91. The maximum atomic E-state index is 13.5. The molecule has 4 nitrogen and oxygen atoms in total. The highest BCUT2D eigenvalue weighted by atomic mass is 19.2. The SMILES string of the molecule is O=C(NCC1CCN(c2ccc(F)c(F)c2)C1)Nc1ccc(F)cc1F. The molecule has 2 aromatic rings. The quantitative estimate of drug-likeness (QED) is 0.806. The monoisotopic (exact) mass is 367 g/mol. The number of benzene rings is 2. The number of rotatable bonds is 4. The second-order valence-corrected chi connectivity index (χ2v) is 6.16. The zero-order valence-electron chi connectivity index (χ0n) is 13.7. The van der Waals surface area contributed by atoms with Crippen LogP contribution in [0, 0.1) is 29.2 Å². The first-order chi connectivity index (χ1) is 12.4. The molecular weight excluding hydrogens is 350 g/mol. The lowest BCUT2D eigenvalue weighted by Gasteiger charge is -2.19. The zero-order chi connectivity index (χ0) is 18.7. The Balaban J connectivity index is 1.49. The largest absolute Gasteiger partial charge is 0.371 e. The first-order valence-corrected chi connectivity index (χ1v) is 8.12. The van der Waals surface area contributed by atoms with Crippen LogP contribution in [0.4, 0.5) is 33.7 Å². The van der Waals surface area contributed by atoms with Gasteiger partial charge >= 0.3 is 6.03 Å². The van der Waals surface area contributed by atoms with Crippen LogP contribution in [0.3, 0.4) is 0 Å². The van der Waals surface area contributed by atoms with E-state index in [2.05, 4.69) is 10.6 Å². The van der Waals surface area contributed by atoms with E-state index in [9.17, 15) is 22.4 Å². The van der Waals surface area contributed by atoms with E-state index in [4.69, 9.17) is 0 Å². The van der Waals surface area contributed by atoms with Crippen LogP contribution in [0.5, 0.6) is 0 Å². The second-order valence-electron chi connectivity index (χ2n) is 6.16. The van der Waals surface area contributed by atoms with E-state index in [1.54, 1.807) is 0 Å². The third-order valence-corrected chi connectivity index (χ3v) is 4.28. The van der Waals surface area contributed by atoms with Crippen molar-refractivity contribution in [1.29, 1.82) is 0 Å². The molecule has 0 saturated carbocycles. The molecule has 0 spiro atoms. The second kappa shape index (κ2) is 7.63. The maximum Gasteiger partial charge on any atom is 0.319 e. The summed E-state index contributed by atoms with van der Waals surface area (Å²) in [6.45, 7) is 1.58. The molecule has 1 atom stereocenters. The number of hydrogen-bond donors (Lipinski definition) is 2. The smallest absolute Gasteiger partial charge is 0.319 e. The predicted octanol–water partition coefficient (Wildman–Crippen LogP) is 3.89. The normalized spacial score (nSPS) is 16.6. The molecule has 0 bridgehead atoms. The van der Waals surface area contributed by atoms with Crippen molar-refractivity contribution in [2.75, 3.05) is 29.9 Å². The standard InChI is InChI=1S/C18H17F4N3O/c19-12-1-4-17(16(22)7-12)24-18(26)23-9-11-5-6-25(10-11)13-2-3-14(20)15(21)8-13/h1-4,7-8,11H,5-6,9-10H2,(H2,23,24,26). The molecule has 1 saturated heterocycles. The van der Waals surface area contributed by atoms with Gasteiger partial charge in [0.2, 0.25) is 0 Å². The molecule has 2 aromatic carbocycles. The topological polar surface area (TPSA) is 44.4 Å².